The van der Waals surface area contributed by atoms with Gasteiger partial charge < -0.3 is 18.9 Å². The second-order valence-electron chi connectivity index (χ2n) is 2.31. The Morgan fingerprint density at radius 2 is 1.47 bits per heavy atom. The van der Waals surface area contributed by atoms with Gasteiger partial charge in [0.15, 0.2) is 0 Å². The van der Waals surface area contributed by atoms with Crippen molar-refractivity contribution < 1.29 is 23.2 Å². The Labute approximate surface area is 150 Å². The fraction of sp³-hybridized carbons (Fsp3) is 0.143. The first kappa shape index (κ1) is 21.0. The van der Waals surface area contributed by atoms with Gasteiger partial charge in [0, 0.05) is 0 Å². The maximum Gasteiger partial charge on any atom is 2.00 e. The van der Waals surface area contributed by atoms with E-state index in [0.29, 0.717) is 0 Å². The summed E-state index contributed by atoms with van der Waals surface area (Å²) in [4.78, 5) is 18.2. The average molecular weight is 442 g/mol. The molecule has 0 heterocycles. The normalized spacial score (nSPS) is 13.0. The van der Waals surface area contributed by atoms with Crippen molar-refractivity contribution in [1.82, 2.24) is 0 Å². The Bertz CT molecular complexity index is 339. The van der Waals surface area contributed by atoms with Crippen molar-refractivity contribution >= 4 is 88.6 Å². The van der Waals surface area contributed by atoms with Crippen molar-refractivity contribution in [1.29, 1.82) is 0 Å². The minimum absolute atomic E-state index is 0. The van der Waals surface area contributed by atoms with Crippen molar-refractivity contribution in [2.45, 2.75) is 4.84 Å². The number of benzene rings is 1. The molecule has 17 heavy (non-hydrogen) atoms. The second kappa shape index (κ2) is 12.7. The Morgan fingerprint density at radius 1 is 1.06 bits per heavy atom. The van der Waals surface area contributed by atoms with Gasteiger partial charge in [-0.25, -0.2) is 0 Å². The van der Waals surface area contributed by atoms with Crippen LogP contribution in [-0.2, 0) is 13.4 Å². The fourth-order valence-electron chi connectivity index (χ4n) is 0.667. The summed E-state index contributed by atoms with van der Waals surface area (Å²) in [6.07, 6.45) is 0. The molecule has 10 heteroatoms. The van der Waals surface area contributed by atoms with Crippen LogP contribution in [0.5, 0.6) is 0 Å². The maximum absolute atomic E-state index is 9.29. The van der Waals surface area contributed by atoms with Crippen molar-refractivity contribution in [3.05, 3.63) is 35.9 Å². The third kappa shape index (κ3) is 13.9. The first-order valence-corrected chi connectivity index (χ1v) is 7.18. The van der Waals surface area contributed by atoms with E-state index in [1.54, 1.807) is 0 Å². The van der Waals surface area contributed by atoms with E-state index in [1.807, 2.05) is 30.3 Å². The first-order chi connectivity index (χ1) is 7.43. The zero-order chi connectivity index (χ0) is 12.6. The van der Waals surface area contributed by atoms with E-state index in [9.17, 15) is 18.9 Å². The predicted octanol–water partition coefficient (Wildman–Crippen LogP) is 1.28. The van der Waals surface area contributed by atoms with Crippen LogP contribution < -0.4 is 9.79 Å². The van der Waals surface area contributed by atoms with Crippen molar-refractivity contribution in [3.8, 4) is 0 Å². The van der Waals surface area contributed by atoms with Gasteiger partial charge in [0.2, 0.25) is 0 Å². The van der Waals surface area contributed by atoms with E-state index < -0.39 is 21.3 Å². The number of rotatable bonds is 3. The quantitative estimate of drug-likeness (QED) is 0.400. The molecule has 2 atom stereocenters. The zero-order valence-electron chi connectivity index (χ0n) is 8.47. The summed E-state index contributed by atoms with van der Waals surface area (Å²) in [5.41, 5.74) is 0.945. The first-order valence-electron chi connectivity index (χ1n) is 3.86. The van der Waals surface area contributed by atoms with Crippen molar-refractivity contribution in [2.75, 3.05) is 0 Å². The molecule has 1 aromatic carbocycles. The molecule has 0 amide bonds. The van der Waals surface area contributed by atoms with Crippen LogP contribution in [0.4, 0.5) is 0 Å². The van der Waals surface area contributed by atoms with Gasteiger partial charge in [-0.15, -0.1) is 23.2 Å². The monoisotopic (exact) mass is 442 g/mol. The molecule has 0 saturated heterocycles. The van der Waals surface area contributed by atoms with Crippen molar-refractivity contribution in [2.24, 2.45) is 0 Å². The maximum atomic E-state index is 9.29. The molecule has 0 aliphatic heterocycles. The van der Waals surface area contributed by atoms with Crippen LogP contribution in [0, 0.1) is 0 Å². The Hall–Kier alpha value is 1.71. The van der Waals surface area contributed by atoms with Crippen LogP contribution in [0.25, 0.3) is 0 Å². The molecule has 0 fully saturated rings. The molecule has 1 aromatic rings. The molecule has 0 bridgehead atoms. The summed E-state index contributed by atoms with van der Waals surface area (Å²) >= 11 is 11.1. The van der Waals surface area contributed by atoms with E-state index >= 15 is 0 Å². The van der Waals surface area contributed by atoms with Gasteiger partial charge in [-0.1, -0.05) is 30.3 Å². The topological polar surface area (TPSA) is 89.5 Å². The number of alkyl halides is 2. The molecule has 0 N–H and O–H groups in total. The largest absolute Gasteiger partial charge is 2.00 e. The summed E-state index contributed by atoms with van der Waals surface area (Å²) in [6, 6.07) is 9.54. The van der Waals surface area contributed by atoms with Crippen LogP contribution in [-0.4, -0.2) is 48.9 Å². The SMILES string of the molecule is ClC(Cl)c1ccccc1.O=[PH]([O-])O[PH](=O)[O-].[Ba+2]. The summed E-state index contributed by atoms with van der Waals surface area (Å²) in [6.45, 7) is 0. The molecule has 92 valence electrons. The molecule has 0 saturated carbocycles. The second-order valence-corrected chi connectivity index (χ2v) is 5.23. The third-order valence-electron chi connectivity index (χ3n) is 1.22. The number of halogens is 2. The third-order valence-corrected chi connectivity index (χ3v) is 3.06. The molecule has 0 aliphatic carbocycles. The van der Waals surface area contributed by atoms with Crippen LogP contribution in [0.3, 0.4) is 0 Å². The Morgan fingerprint density at radius 3 is 1.65 bits per heavy atom. The van der Waals surface area contributed by atoms with Gasteiger partial charge in [-0.05, 0) is 5.56 Å². The molecule has 0 aromatic heterocycles. The van der Waals surface area contributed by atoms with Crippen molar-refractivity contribution in [3.63, 3.8) is 0 Å². The van der Waals surface area contributed by atoms with E-state index in [-0.39, 0.29) is 48.9 Å². The van der Waals surface area contributed by atoms with E-state index in [2.05, 4.69) is 4.31 Å². The molecule has 0 spiro atoms. The molecular formula is C7H8BaCl2O5P2. The van der Waals surface area contributed by atoms with Crippen LogP contribution >= 0.6 is 39.7 Å². The molecule has 1 rings (SSSR count). The number of hydrogen-bond acceptors (Lipinski definition) is 5. The zero-order valence-corrected chi connectivity index (χ0v) is 16.4. The minimum Gasteiger partial charge on any atom is -0.781 e. The summed E-state index contributed by atoms with van der Waals surface area (Å²) in [5, 5.41) is 0. The van der Waals surface area contributed by atoms with Crippen LogP contribution in [0.15, 0.2) is 30.3 Å². The standard InChI is InChI=1S/C7H6Cl2.Ba.H4O5P2/c8-7(9)6-4-2-1-3-5-6;;1-6(2)5-7(3)4/h1-5,7H;;6-7H,(H,1,2)(H,3,4)/q;+2;/p-2. The van der Waals surface area contributed by atoms with E-state index in [4.69, 9.17) is 23.2 Å². The fourth-order valence-corrected chi connectivity index (χ4v) is 1.50. The van der Waals surface area contributed by atoms with E-state index in [1.165, 1.54) is 0 Å². The number of hydrogen-bond donors (Lipinski definition) is 0. The Balaban J connectivity index is 0. The molecule has 5 nitrogen and oxygen atoms in total. The Kier molecular flexibility index (Phi) is 15.7. The molecule has 0 aliphatic rings. The van der Waals surface area contributed by atoms with Gasteiger partial charge in [-0.3, -0.25) is 4.31 Å². The van der Waals surface area contributed by atoms with Crippen LogP contribution in [0.2, 0.25) is 0 Å². The summed E-state index contributed by atoms with van der Waals surface area (Å²) < 4.78 is 21.8. The van der Waals surface area contributed by atoms with Gasteiger partial charge in [0.1, 0.15) is 21.3 Å². The average Bonchev–Trinajstić information content (AvgIpc) is 2.17. The van der Waals surface area contributed by atoms with E-state index in [0.717, 1.165) is 5.56 Å². The van der Waals surface area contributed by atoms with Crippen LogP contribution in [0.1, 0.15) is 10.4 Å². The van der Waals surface area contributed by atoms with Gasteiger partial charge in [0.05, 0.1) is 0 Å². The summed E-state index contributed by atoms with van der Waals surface area (Å²) in [7, 11) is -7.03. The molecular weight excluding hydrogens is 434 g/mol. The predicted molar refractivity (Wildman–Crippen MR) is 65.7 cm³/mol. The minimum atomic E-state index is -3.51. The summed E-state index contributed by atoms with van der Waals surface area (Å²) in [5.74, 6) is 0. The van der Waals surface area contributed by atoms with Gasteiger partial charge in [-0.2, -0.15) is 0 Å². The molecule has 0 radical (unpaired) electrons. The molecule has 2 unspecified atom stereocenters. The van der Waals surface area contributed by atoms with Gasteiger partial charge in [0.25, 0.3) is 0 Å². The smallest absolute Gasteiger partial charge is 0.781 e. The van der Waals surface area contributed by atoms with Gasteiger partial charge >= 0.3 is 48.9 Å².